The summed E-state index contributed by atoms with van der Waals surface area (Å²) in [6.45, 7) is 0. The summed E-state index contributed by atoms with van der Waals surface area (Å²) in [6, 6.07) is 1.93. The molecule has 3 N–H and O–H groups in total. The summed E-state index contributed by atoms with van der Waals surface area (Å²) in [5.74, 6) is -1.30. The number of nitrogens with zero attached hydrogens (tertiary/aromatic N) is 1. The van der Waals surface area contributed by atoms with E-state index >= 15 is 0 Å². The Morgan fingerprint density at radius 3 is 2.57 bits per heavy atom. The lowest BCUT2D eigenvalue weighted by atomic mass is 10.2. The molecule has 0 unspecified atom stereocenters. The highest BCUT2D eigenvalue weighted by Crippen LogP contribution is 2.30. The Bertz CT molecular complexity index is 418. The topological polar surface area (TPSA) is 106 Å². The molecule has 0 saturated heterocycles. The number of carbonyl (C=O) groups is 1. The number of nitrogens with two attached hydrogens (primary N) is 1. The zero-order valence-electron chi connectivity index (χ0n) is 6.73. The van der Waals surface area contributed by atoms with Crippen LogP contribution in [0.1, 0.15) is 10.4 Å². The zero-order valence-corrected chi connectivity index (χ0v) is 7.49. The number of hydrogen-bond donors (Lipinski definition) is 2. The molecule has 14 heavy (non-hydrogen) atoms. The molecule has 1 aromatic carbocycles. The maximum atomic E-state index is 10.5. The Morgan fingerprint density at radius 1 is 1.57 bits per heavy atom. The number of nitro benzene ring substituents is 1. The van der Waals surface area contributed by atoms with Crippen LogP contribution in [0.25, 0.3) is 0 Å². The van der Waals surface area contributed by atoms with Gasteiger partial charge >= 0.3 is 5.97 Å². The molecule has 0 saturated carbocycles. The number of hydrogen-bond acceptors (Lipinski definition) is 4. The second kappa shape index (κ2) is 3.51. The molecule has 0 spiro atoms. The van der Waals surface area contributed by atoms with Crippen LogP contribution < -0.4 is 5.73 Å². The van der Waals surface area contributed by atoms with Crippen LogP contribution >= 0.6 is 11.6 Å². The molecule has 0 bridgehead atoms. The first-order chi connectivity index (χ1) is 6.43. The van der Waals surface area contributed by atoms with Crippen molar-refractivity contribution < 1.29 is 14.8 Å². The smallest absolute Gasteiger partial charge is 0.335 e. The molecule has 0 radical (unpaired) electrons. The summed E-state index contributed by atoms with van der Waals surface area (Å²) in [6.07, 6.45) is 0. The van der Waals surface area contributed by atoms with Gasteiger partial charge in [-0.3, -0.25) is 10.1 Å². The van der Waals surface area contributed by atoms with Gasteiger partial charge in [0.05, 0.1) is 15.5 Å². The van der Waals surface area contributed by atoms with Gasteiger partial charge in [-0.2, -0.15) is 0 Å². The van der Waals surface area contributed by atoms with Crippen molar-refractivity contribution in [2.45, 2.75) is 0 Å². The fraction of sp³-hybridized carbons (Fsp3) is 0. The van der Waals surface area contributed by atoms with E-state index < -0.39 is 16.6 Å². The maximum Gasteiger partial charge on any atom is 0.335 e. The fourth-order valence-corrected chi connectivity index (χ4v) is 1.09. The summed E-state index contributed by atoms with van der Waals surface area (Å²) >= 11 is 5.51. The summed E-state index contributed by atoms with van der Waals surface area (Å²) in [5.41, 5.74) is 4.28. The summed E-state index contributed by atoms with van der Waals surface area (Å²) < 4.78 is 0. The molecule has 1 rings (SSSR count). The largest absolute Gasteiger partial charge is 0.478 e. The molecule has 0 amide bonds. The minimum Gasteiger partial charge on any atom is -0.478 e. The number of nitro groups is 1. The van der Waals surface area contributed by atoms with Crippen molar-refractivity contribution >= 4 is 28.9 Å². The predicted molar refractivity (Wildman–Crippen MR) is 49.5 cm³/mol. The van der Waals surface area contributed by atoms with Crippen molar-refractivity contribution in [1.82, 2.24) is 0 Å². The molecule has 0 aromatic heterocycles. The van der Waals surface area contributed by atoms with Crippen molar-refractivity contribution in [3.05, 3.63) is 32.8 Å². The number of carboxylic acids is 1. The summed E-state index contributed by atoms with van der Waals surface area (Å²) in [5, 5.41) is 18.9. The first-order valence-corrected chi connectivity index (χ1v) is 3.78. The minimum absolute atomic E-state index is 0.142. The van der Waals surface area contributed by atoms with Crippen LogP contribution in [0.3, 0.4) is 0 Å². The zero-order chi connectivity index (χ0) is 10.9. The van der Waals surface area contributed by atoms with Crippen LogP contribution in [0.15, 0.2) is 12.1 Å². The van der Waals surface area contributed by atoms with Crippen LogP contribution in [0.2, 0.25) is 5.02 Å². The highest BCUT2D eigenvalue weighted by atomic mass is 35.5. The number of nitrogen functional groups attached to an aromatic ring is 1. The van der Waals surface area contributed by atoms with Gasteiger partial charge in [-0.25, -0.2) is 4.79 Å². The van der Waals surface area contributed by atoms with Crippen LogP contribution in [0.4, 0.5) is 11.4 Å². The molecule has 7 heteroatoms. The lowest BCUT2D eigenvalue weighted by Crippen LogP contribution is -2.02. The van der Waals surface area contributed by atoms with Crippen molar-refractivity contribution in [1.29, 1.82) is 0 Å². The average molecular weight is 217 g/mol. The number of aromatic carboxylic acids is 1. The van der Waals surface area contributed by atoms with Crippen molar-refractivity contribution in [3.8, 4) is 0 Å². The van der Waals surface area contributed by atoms with Gasteiger partial charge < -0.3 is 10.8 Å². The van der Waals surface area contributed by atoms with Crippen molar-refractivity contribution in [2.24, 2.45) is 0 Å². The number of carboxylic acid groups (broad SMARTS) is 1. The second-order valence-electron chi connectivity index (χ2n) is 2.45. The number of anilines is 1. The number of benzene rings is 1. The number of rotatable bonds is 2. The Hall–Kier alpha value is -1.82. The van der Waals surface area contributed by atoms with Gasteiger partial charge in [0.15, 0.2) is 0 Å². The predicted octanol–water partition coefficient (Wildman–Crippen LogP) is 1.53. The molecule has 0 aliphatic carbocycles. The lowest BCUT2D eigenvalue weighted by molar-refractivity contribution is -0.383. The molecule has 0 heterocycles. The van der Waals surface area contributed by atoms with E-state index in [9.17, 15) is 14.9 Å². The van der Waals surface area contributed by atoms with Crippen LogP contribution in [0, 0.1) is 10.1 Å². The van der Waals surface area contributed by atoms with Gasteiger partial charge in [0, 0.05) is 6.07 Å². The van der Waals surface area contributed by atoms with Gasteiger partial charge in [0.25, 0.3) is 5.69 Å². The fourth-order valence-electron chi connectivity index (χ4n) is 0.878. The monoisotopic (exact) mass is 216 g/mol. The van der Waals surface area contributed by atoms with E-state index in [0.717, 1.165) is 12.1 Å². The molecule has 0 aliphatic rings. The minimum atomic E-state index is -1.30. The van der Waals surface area contributed by atoms with E-state index in [1.807, 2.05) is 0 Å². The van der Waals surface area contributed by atoms with Gasteiger partial charge in [-0.05, 0) is 6.07 Å². The van der Waals surface area contributed by atoms with E-state index in [1.54, 1.807) is 0 Å². The third kappa shape index (κ3) is 1.74. The highest BCUT2D eigenvalue weighted by molar-refractivity contribution is 6.34. The van der Waals surface area contributed by atoms with Gasteiger partial charge in [0.1, 0.15) is 5.69 Å². The average Bonchev–Trinajstić information content (AvgIpc) is 2.08. The molecule has 0 fully saturated rings. The highest BCUT2D eigenvalue weighted by Gasteiger charge is 2.18. The first-order valence-electron chi connectivity index (χ1n) is 3.40. The van der Waals surface area contributed by atoms with E-state index in [0.29, 0.717) is 0 Å². The van der Waals surface area contributed by atoms with E-state index in [-0.39, 0.29) is 16.3 Å². The van der Waals surface area contributed by atoms with Crippen LogP contribution in [-0.2, 0) is 0 Å². The van der Waals surface area contributed by atoms with Gasteiger partial charge in [-0.1, -0.05) is 11.6 Å². The molecule has 1 aromatic rings. The maximum absolute atomic E-state index is 10.5. The standard InChI is InChI=1S/C7H5ClN2O4/c8-4-1-3(7(11)12)2-5(6(4)9)10(13)14/h1-2H,9H2,(H,11,12). The van der Waals surface area contributed by atoms with E-state index in [4.69, 9.17) is 22.4 Å². The van der Waals surface area contributed by atoms with E-state index in [2.05, 4.69) is 0 Å². The van der Waals surface area contributed by atoms with E-state index in [1.165, 1.54) is 0 Å². The third-order valence-electron chi connectivity index (χ3n) is 1.55. The molecular weight excluding hydrogens is 212 g/mol. The lowest BCUT2D eigenvalue weighted by Gasteiger charge is -2.01. The SMILES string of the molecule is Nc1c(Cl)cc(C(=O)O)cc1[N+](=O)[O-]. The molecule has 6 nitrogen and oxygen atoms in total. The van der Waals surface area contributed by atoms with Crippen molar-refractivity contribution in [2.75, 3.05) is 5.73 Å². The van der Waals surface area contributed by atoms with Crippen LogP contribution in [0.5, 0.6) is 0 Å². The summed E-state index contributed by atoms with van der Waals surface area (Å²) in [4.78, 5) is 20.2. The third-order valence-corrected chi connectivity index (χ3v) is 1.86. The normalized spacial score (nSPS) is 9.79. The van der Waals surface area contributed by atoms with Crippen molar-refractivity contribution in [3.63, 3.8) is 0 Å². The Kier molecular flexibility index (Phi) is 2.57. The Morgan fingerprint density at radius 2 is 2.14 bits per heavy atom. The van der Waals surface area contributed by atoms with Crippen LogP contribution in [-0.4, -0.2) is 16.0 Å². The quantitative estimate of drug-likeness (QED) is 0.443. The second-order valence-corrected chi connectivity index (χ2v) is 2.86. The molecular formula is C7H5ClN2O4. The van der Waals surface area contributed by atoms with Gasteiger partial charge in [0.2, 0.25) is 0 Å². The first kappa shape index (κ1) is 10.3. The molecule has 0 aliphatic heterocycles. The molecule has 74 valence electrons. The summed E-state index contributed by atoms with van der Waals surface area (Å²) in [7, 11) is 0. The van der Waals surface area contributed by atoms with Gasteiger partial charge in [-0.15, -0.1) is 0 Å². The Balaban J connectivity index is 3.43. The molecule has 0 atom stereocenters. The Labute approximate surface area is 83.0 Å². The number of halogens is 1.